The number of hydrogen-bond donors (Lipinski definition) is 1. The summed E-state index contributed by atoms with van der Waals surface area (Å²) in [6.45, 7) is 3.11. The maximum Gasteiger partial charge on any atom is 0.341 e. The molecule has 0 amide bonds. The van der Waals surface area contributed by atoms with Gasteiger partial charge in [0.05, 0.1) is 17.9 Å². The Bertz CT molecular complexity index is 1040. The average molecular weight is 364 g/mol. The first kappa shape index (κ1) is 16.3. The van der Waals surface area contributed by atoms with Crippen molar-refractivity contribution in [2.24, 2.45) is 0 Å². The van der Waals surface area contributed by atoms with Crippen molar-refractivity contribution < 1.29 is 19.4 Å². The zero-order valence-corrected chi connectivity index (χ0v) is 15.0. The number of aromatic carboxylic acids is 1. The second-order valence-electron chi connectivity index (χ2n) is 7.89. The van der Waals surface area contributed by atoms with E-state index in [4.69, 9.17) is 14.5 Å². The summed E-state index contributed by atoms with van der Waals surface area (Å²) in [5.41, 5.74) is 2.71. The van der Waals surface area contributed by atoms with Gasteiger partial charge in [0.2, 0.25) is 0 Å². The second kappa shape index (κ2) is 5.57. The van der Waals surface area contributed by atoms with Gasteiger partial charge in [-0.05, 0) is 25.3 Å². The van der Waals surface area contributed by atoms with Crippen LogP contribution >= 0.6 is 0 Å². The van der Waals surface area contributed by atoms with Crippen LogP contribution in [0, 0.1) is 0 Å². The summed E-state index contributed by atoms with van der Waals surface area (Å²) in [5, 5.41) is 9.60. The van der Waals surface area contributed by atoms with Gasteiger partial charge in [0.1, 0.15) is 23.6 Å². The molecule has 2 bridgehead atoms. The molecule has 0 radical (unpaired) electrons. The van der Waals surface area contributed by atoms with Crippen LogP contribution in [0.4, 0.5) is 0 Å². The molecule has 4 heterocycles. The molecule has 1 aromatic carbocycles. The van der Waals surface area contributed by atoms with Gasteiger partial charge in [-0.1, -0.05) is 30.3 Å². The lowest BCUT2D eigenvalue weighted by molar-refractivity contribution is 0.0154. The van der Waals surface area contributed by atoms with Crippen LogP contribution in [0.2, 0.25) is 0 Å². The van der Waals surface area contributed by atoms with Gasteiger partial charge in [-0.2, -0.15) is 0 Å². The van der Waals surface area contributed by atoms with Crippen molar-refractivity contribution >= 4 is 11.6 Å². The second-order valence-corrected chi connectivity index (χ2v) is 7.89. The van der Waals surface area contributed by atoms with E-state index in [9.17, 15) is 9.90 Å². The minimum absolute atomic E-state index is 0.0218. The van der Waals surface area contributed by atoms with Crippen LogP contribution in [0.5, 0.6) is 5.75 Å². The molecule has 6 heteroatoms. The molecule has 3 aromatic rings. The van der Waals surface area contributed by atoms with Gasteiger partial charge in [-0.15, -0.1) is 0 Å². The number of rotatable bonds is 5. The molecule has 1 saturated carbocycles. The number of carboxylic acid groups (broad SMARTS) is 1. The highest BCUT2D eigenvalue weighted by molar-refractivity contribution is 5.91. The first-order valence-electron chi connectivity index (χ1n) is 9.04. The molecule has 1 aliphatic carbocycles. The monoisotopic (exact) mass is 364 g/mol. The number of carbonyl (C=O) groups is 1. The molecule has 1 N–H and O–H groups in total. The van der Waals surface area contributed by atoms with E-state index in [1.807, 2.05) is 36.5 Å². The molecule has 0 atom stereocenters. The Hall–Kier alpha value is -2.86. The minimum atomic E-state index is -1.02. The fraction of sp³-hybridized carbons (Fsp3) is 0.333. The zero-order chi connectivity index (χ0) is 18.6. The summed E-state index contributed by atoms with van der Waals surface area (Å²) in [6.07, 6.45) is 5.44. The van der Waals surface area contributed by atoms with Gasteiger partial charge < -0.3 is 19.0 Å². The van der Waals surface area contributed by atoms with Crippen LogP contribution in [0.3, 0.4) is 0 Å². The predicted molar refractivity (Wildman–Crippen MR) is 98.2 cm³/mol. The van der Waals surface area contributed by atoms with E-state index in [-0.39, 0.29) is 16.6 Å². The van der Waals surface area contributed by atoms with Crippen LogP contribution < -0.4 is 4.74 Å². The third kappa shape index (κ3) is 2.59. The third-order valence-corrected chi connectivity index (χ3v) is 5.69. The van der Waals surface area contributed by atoms with Crippen LogP contribution in [0.25, 0.3) is 5.65 Å². The first-order chi connectivity index (χ1) is 13.0. The smallest absolute Gasteiger partial charge is 0.341 e. The lowest BCUT2D eigenvalue weighted by atomic mass is 9.62. The van der Waals surface area contributed by atoms with Crippen LogP contribution in [-0.2, 0) is 16.8 Å². The van der Waals surface area contributed by atoms with Gasteiger partial charge in [0.15, 0.2) is 0 Å². The Morgan fingerprint density at radius 1 is 1.30 bits per heavy atom. The van der Waals surface area contributed by atoms with Gasteiger partial charge in [-0.25, -0.2) is 9.78 Å². The molecule has 0 spiro atoms. The molecule has 3 aliphatic rings. The number of hydrogen-bond acceptors (Lipinski definition) is 4. The highest BCUT2D eigenvalue weighted by Crippen LogP contribution is 2.58. The van der Waals surface area contributed by atoms with Crippen molar-refractivity contribution in [2.75, 3.05) is 6.61 Å². The van der Waals surface area contributed by atoms with E-state index in [0.29, 0.717) is 24.6 Å². The fourth-order valence-corrected chi connectivity index (χ4v) is 4.44. The predicted octanol–water partition coefficient (Wildman–Crippen LogP) is 3.43. The lowest BCUT2D eigenvalue weighted by Crippen LogP contribution is -2.45. The highest BCUT2D eigenvalue weighted by Gasteiger charge is 2.61. The van der Waals surface area contributed by atoms with E-state index >= 15 is 0 Å². The van der Waals surface area contributed by atoms with Gasteiger partial charge in [0, 0.05) is 23.9 Å². The Labute approximate surface area is 156 Å². The summed E-state index contributed by atoms with van der Waals surface area (Å²) >= 11 is 0. The summed E-state index contributed by atoms with van der Waals surface area (Å²) < 4.78 is 13.5. The maximum atomic E-state index is 11.7. The number of pyridine rings is 1. The summed E-state index contributed by atoms with van der Waals surface area (Å²) in [7, 11) is 0. The van der Waals surface area contributed by atoms with E-state index in [2.05, 4.69) is 6.92 Å². The van der Waals surface area contributed by atoms with Crippen molar-refractivity contribution in [3.05, 3.63) is 65.6 Å². The highest BCUT2D eigenvalue weighted by atomic mass is 16.5. The SMILES string of the molecule is CC12CC(c3cn4cc(C(=O)O)c(OCc5ccccc5)cc4n3)(CO1)C2. The van der Waals surface area contributed by atoms with Crippen LogP contribution in [0.1, 0.15) is 41.4 Å². The molecule has 27 heavy (non-hydrogen) atoms. The van der Waals surface area contributed by atoms with Gasteiger partial charge in [-0.3, -0.25) is 0 Å². The van der Waals surface area contributed by atoms with Crippen molar-refractivity contribution in [3.63, 3.8) is 0 Å². The van der Waals surface area contributed by atoms with Crippen molar-refractivity contribution in [2.45, 2.75) is 37.4 Å². The average Bonchev–Trinajstić information content (AvgIpc) is 3.30. The molecule has 6 nitrogen and oxygen atoms in total. The zero-order valence-electron chi connectivity index (χ0n) is 15.0. The molecular formula is C21H20N2O4. The van der Waals surface area contributed by atoms with E-state index in [0.717, 1.165) is 24.1 Å². The normalized spacial score (nSPS) is 26.1. The minimum Gasteiger partial charge on any atom is -0.488 e. The molecular weight excluding hydrogens is 344 g/mol. The first-order valence-corrected chi connectivity index (χ1v) is 9.04. The third-order valence-electron chi connectivity index (χ3n) is 5.69. The number of benzene rings is 1. The van der Waals surface area contributed by atoms with Gasteiger partial charge >= 0.3 is 5.97 Å². The Morgan fingerprint density at radius 3 is 2.74 bits per heavy atom. The van der Waals surface area contributed by atoms with E-state index < -0.39 is 5.97 Å². The van der Waals surface area contributed by atoms with Gasteiger partial charge in [0.25, 0.3) is 0 Å². The van der Waals surface area contributed by atoms with E-state index in [1.165, 1.54) is 0 Å². The van der Waals surface area contributed by atoms with Crippen LogP contribution in [-0.4, -0.2) is 32.7 Å². The maximum absolute atomic E-state index is 11.7. The number of carboxylic acids is 1. The Morgan fingerprint density at radius 2 is 2.07 bits per heavy atom. The standard InChI is InChI=1S/C21H20N2O4/c1-20-11-21(12-20,13-27-20)17-9-23-8-15(19(24)25)16(7-18(23)22-17)26-10-14-5-3-2-4-6-14/h2-9H,10-13H2,1H3,(H,24,25). The van der Waals surface area contributed by atoms with Crippen molar-refractivity contribution in [1.29, 1.82) is 0 Å². The molecule has 0 unspecified atom stereocenters. The number of nitrogens with zero attached hydrogens (tertiary/aromatic N) is 2. The Balaban J connectivity index is 1.49. The number of imidazole rings is 1. The summed E-state index contributed by atoms with van der Waals surface area (Å²) in [5.74, 6) is -0.691. The number of ether oxygens (including phenoxy) is 2. The Kier molecular flexibility index (Phi) is 3.37. The summed E-state index contributed by atoms with van der Waals surface area (Å²) in [4.78, 5) is 16.5. The molecule has 3 fully saturated rings. The molecule has 6 rings (SSSR count). The van der Waals surface area contributed by atoms with E-state index in [1.54, 1.807) is 16.7 Å². The lowest BCUT2D eigenvalue weighted by Gasteiger charge is -2.41. The van der Waals surface area contributed by atoms with Crippen molar-refractivity contribution in [1.82, 2.24) is 9.38 Å². The number of aromatic nitrogens is 2. The molecule has 138 valence electrons. The van der Waals surface area contributed by atoms with Crippen molar-refractivity contribution in [3.8, 4) is 5.75 Å². The quantitative estimate of drug-likeness (QED) is 0.751. The van der Waals surface area contributed by atoms with Crippen LogP contribution in [0.15, 0.2) is 48.8 Å². The fourth-order valence-electron chi connectivity index (χ4n) is 4.44. The largest absolute Gasteiger partial charge is 0.488 e. The summed E-state index contributed by atoms with van der Waals surface area (Å²) in [6, 6.07) is 11.4. The molecule has 2 aliphatic heterocycles. The topological polar surface area (TPSA) is 73.1 Å². The molecule has 2 saturated heterocycles. The number of fused-ring (bicyclic) bond motifs is 2. The molecule has 2 aromatic heterocycles.